The Hall–Kier alpha value is -1.88. The minimum Gasteiger partial charge on any atom is -0.506 e. The molecule has 0 aliphatic rings. The zero-order chi connectivity index (χ0) is 14.0. The lowest BCUT2D eigenvalue weighted by Crippen LogP contribution is -2.17. The summed E-state index contributed by atoms with van der Waals surface area (Å²) in [6.45, 7) is 0. The lowest BCUT2D eigenvalue weighted by atomic mass is 10.0. The highest BCUT2D eigenvalue weighted by molar-refractivity contribution is 6.32. The fraction of sp³-hybridized carbons (Fsp3) is 0.0769. The minimum absolute atomic E-state index is 0.0549. The monoisotopic (exact) mass is 288 g/mol. The summed E-state index contributed by atoms with van der Waals surface area (Å²) in [6, 6.07) is 9.95. The van der Waals surface area contributed by atoms with E-state index in [4.69, 9.17) is 11.6 Å². The zero-order valence-electron chi connectivity index (χ0n) is 9.41. The van der Waals surface area contributed by atoms with E-state index in [1.165, 1.54) is 36.4 Å². The molecule has 2 rings (SSSR count). The fourth-order valence-corrected chi connectivity index (χ4v) is 1.81. The lowest BCUT2D eigenvalue weighted by molar-refractivity contribution is -0.274. The molecular formula is C13H8ClF3O2. The first-order valence-electron chi connectivity index (χ1n) is 5.21. The van der Waals surface area contributed by atoms with Crippen molar-refractivity contribution in [2.24, 2.45) is 0 Å². The highest BCUT2D eigenvalue weighted by atomic mass is 35.5. The number of para-hydroxylation sites is 2. The van der Waals surface area contributed by atoms with Crippen LogP contribution in [0.15, 0.2) is 42.5 Å². The molecule has 0 aliphatic carbocycles. The first-order chi connectivity index (χ1) is 8.88. The van der Waals surface area contributed by atoms with Crippen molar-refractivity contribution >= 4 is 11.6 Å². The Morgan fingerprint density at radius 1 is 0.947 bits per heavy atom. The third kappa shape index (κ3) is 3.12. The van der Waals surface area contributed by atoms with Crippen LogP contribution in [0.4, 0.5) is 13.2 Å². The van der Waals surface area contributed by atoms with Crippen LogP contribution in [0.1, 0.15) is 0 Å². The minimum atomic E-state index is -4.80. The lowest BCUT2D eigenvalue weighted by Gasteiger charge is -2.14. The van der Waals surface area contributed by atoms with Crippen molar-refractivity contribution in [3.05, 3.63) is 47.5 Å². The molecule has 0 aromatic heterocycles. The standard InChI is InChI=1S/C13H8ClF3O2/c14-10-6-3-5-9(12(10)18)8-4-1-2-7-11(8)19-13(15,16)17/h1-7,18H. The predicted molar refractivity (Wildman–Crippen MR) is 65.2 cm³/mol. The van der Waals surface area contributed by atoms with E-state index in [1.807, 2.05) is 0 Å². The van der Waals surface area contributed by atoms with Gasteiger partial charge in [-0.3, -0.25) is 0 Å². The van der Waals surface area contributed by atoms with Crippen LogP contribution in [0.2, 0.25) is 5.02 Å². The van der Waals surface area contributed by atoms with Crippen molar-refractivity contribution < 1.29 is 23.0 Å². The summed E-state index contributed by atoms with van der Waals surface area (Å²) in [5.41, 5.74) is 0.284. The number of aromatic hydroxyl groups is 1. The van der Waals surface area contributed by atoms with Crippen LogP contribution in [-0.2, 0) is 0 Å². The molecule has 0 fully saturated rings. The van der Waals surface area contributed by atoms with Crippen LogP contribution in [0, 0.1) is 0 Å². The van der Waals surface area contributed by atoms with E-state index in [0.29, 0.717) is 0 Å². The topological polar surface area (TPSA) is 29.5 Å². The summed E-state index contributed by atoms with van der Waals surface area (Å²) in [5, 5.41) is 9.86. The second-order valence-electron chi connectivity index (χ2n) is 3.68. The molecule has 0 saturated heterocycles. The molecule has 6 heteroatoms. The Morgan fingerprint density at radius 3 is 2.26 bits per heavy atom. The normalized spacial score (nSPS) is 11.4. The van der Waals surface area contributed by atoms with Gasteiger partial charge in [-0.15, -0.1) is 13.2 Å². The van der Waals surface area contributed by atoms with E-state index < -0.39 is 12.1 Å². The zero-order valence-corrected chi connectivity index (χ0v) is 10.2. The Morgan fingerprint density at radius 2 is 1.58 bits per heavy atom. The molecule has 2 aromatic carbocycles. The van der Waals surface area contributed by atoms with Gasteiger partial charge in [-0.1, -0.05) is 41.9 Å². The van der Waals surface area contributed by atoms with Crippen molar-refractivity contribution in [3.63, 3.8) is 0 Å². The molecule has 0 bridgehead atoms. The first kappa shape index (κ1) is 13.5. The molecule has 0 heterocycles. The van der Waals surface area contributed by atoms with Gasteiger partial charge in [-0.25, -0.2) is 0 Å². The highest BCUT2D eigenvalue weighted by Crippen LogP contribution is 2.40. The number of hydrogen-bond acceptors (Lipinski definition) is 2. The van der Waals surface area contributed by atoms with Crippen molar-refractivity contribution in [2.45, 2.75) is 6.36 Å². The van der Waals surface area contributed by atoms with Crippen LogP contribution in [0.3, 0.4) is 0 Å². The van der Waals surface area contributed by atoms with Gasteiger partial charge in [0.05, 0.1) is 5.02 Å². The average Bonchev–Trinajstić information content (AvgIpc) is 2.32. The van der Waals surface area contributed by atoms with Gasteiger partial charge in [0.2, 0.25) is 0 Å². The Balaban J connectivity index is 2.54. The maximum atomic E-state index is 12.3. The predicted octanol–water partition coefficient (Wildman–Crippen LogP) is 4.61. The Bertz CT molecular complexity index is 597. The highest BCUT2D eigenvalue weighted by Gasteiger charge is 2.32. The third-order valence-electron chi connectivity index (χ3n) is 2.39. The summed E-state index contributed by atoms with van der Waals surface area (Å²) in [5.74, 6) is -0.685. The summed E-state index contributed by atoms with van der Waals surface area (Å²) in [7, 11) is 0. The molecule has 0 radical (unpaired) electrons. The molecule has 0 spiro atoms. The van der Waals surface area contributed by atoms with E-state index in [9.17, 15) is 18.3 Å². The molecule has 0 atom stereocenters. The number of ether oxygens (including phenoxy) is 1. The molecule has 2 aromatic rings. The fourth-order valence-electron chi connectivity index (χ4n) is 1.64. The van der Waals surface area contributed by atoms with Crippen LogP contribution in [0.5, 0.6) is 11.5 Å². The van der Waals surface area contributed by atoms with Gasteiger partial charge in [-0.05, 0) is 12.1 Å². The molecule has 0 unspecified atom stereocenters. The number of rotatable bonds is 2. The van der Waals surface area contributed by atoms with Gasteiger partial charge < -0.3 is 9.84 Å². The second kappa shape index (κ2) is 5.01. The quantitative estimate of drug-likeness (QED) is 0.874. The SMILES string of the molecule is Oc1c(Cl)cccc1-c1ccccc1OC(F)(F)F. The van der Waals surface area contributed by atoms with Crippen LogP contribution >= 0.6 is 11.6 Å². The van der Waals surface area contributed by atoms with Crippen LogP contribution < -0.4 is 4.74 Å². The summed E-state index contributed by atoms with van der Waals surface area (Å²) in [6.07, 6.45) is -4.80. The van der Waals surface area contributed by atoms with E-state index >= 15 is 0 Å². The smallest absolute Gasteiger partial charge is 0.506 e. The molecule has 19 heavy (non-hydrogen) atoms. The van der Waals surface area contributed by atoms with Crippen molar-refractivity contribution in [3.8, 4) is 22.6 Å². The number of benzene rings is 2. The number of phenolic OH excluding ortho intramolecular Hbond substituents is 1. The van der Waals surface area contributed by atoms with Crippen LogP contribution in [0.25, 0.3) is 11.1 Å². The Kier molecular flexibility index (Phi) is 3.57. The number of phenols is 1. The maximum absolute atomic E-state index is 12.3. The van der Waals surface area contributed by atoms with Gasteiger partial charge >= 0.3 is 6.36 Å². The maximum Gasteiger partial charge on any atom is 0.573 e. The van der Waals surface area contributed by atoms with E-state index in [-0.39, 0.29) is 21.9 Å². The Labute approximate surface area is 112 Å². The largest absolute Gasteiger partial charge is 0.573 e. The molecule has 0 saturated carbocycles. The van der Waals surface area contributed by atoms with E-state index in [2.05, 4.69) is 4.74 Å². The van der Waals surface area contributed by atoms with Gasteiger partial charge in [0.1, 0.15) is 11.5 Å². The number of halogens is 4. The summed E-state index contributed by atoms with van der Waals surface area (Å²) in [4.78, 5) is 0. The summed E-state index contributed by atoms with van der Waals surface area (Å²) < 4.78 is 40.8. The average molecular weight is 289 g/mol. The van der Waals surface area contributed by atoms with Gasteiger partial charge in [0, 0.05) is 11.1 Å². The molecule has 0 amide bonds. The van der Waals surface area contributed by atoms with Gasteiger partial charge in [0.25, 0.3) is 0 Å². The molecule has 0 aliphatic heterocycles. The molecule has 100 valence electrons. The van der Waals surface area contributed by atoms with Gasteiger partial charge in [0.15, 0.2) is 0 Å². The van der Waals surface area contributed by atoms with Gasteiger partial charge in [-0.2, -0.15) is 0 Å². The third-order valence-corrected chi connectivity index (χ3v) is 2.69. The molecule has 1 N–H and O–H groups in total. The second-order valence-corrected chi connectivity index (χ2v) is 4.09. The molecular weight excluding hydrogens is 281 g/mol. The van der Waals surface area contributed by atoms with E-state index in [1.54, 1.807) is 6.07 Å². The van der Waals surface area contributed by atoms with Crippen molar-refractivity contribution in [2.75, 3.05) is 0 Å². The van der Waals surface area contributed by atoms with Crippen LogP contribution in [-0.4, -0.2) is 11.5 Å². The summed E-state index contributed by atoms with van der Waals surface area (Å²) >= 11 is 5.74. The van der Waals surface area contributed by atoms with Crippen molar-refractivity contribution in [1.29, 1.82) is 0 Å². The molecule has 2 nitrogen and oxygen atoms in total. The number of alkyl halides is 3. The first-order valence-corrected chi connectivity index (χ1v) is 5.59. The van der Waals surface area contributed by atoms with Crippen molar-refractivity contribution in [1.82, 2.24) is 0 Å². The number of hydrogen-bond donors (Lipinski definition) is 1. The van der Waals surface area contributed by atoms with E-state index in [0.717, 1.165) is 0 Å².